The number of phenolic OH excluding ortho intramolecular Hbond substituents is 1. The highest BCUT2D eigenvalue weighted by Crippen LogP contribution is 2.70. The summed E-state index contributed by atoms with van der Waals surface area (Å²) in [5.74, 6) is -2.35. The van der Waals surface area contributed by atoms with Gasteiger partial charge in [0.25, 0.3) is 5.79 Å². The van der Waals surface area contributed by atoms with Crippen LogP contribution in [0.15, 0.2) is 83.8 Å². The minimum Gasteiger partial charge on any atom is -0.502 e. The highest BCUT2D eigenvalue weighted by Gasteiger charge is 2.76. The minimum atomic E-state index is -1.91. The number of phenols is 1. The first-order valence-corrected chi connectivity index (χ1v) is 14.7. The van der Waals surface area contributed by atoms with Crippen molar-refractivity contribution < 1.29 is 47.8 Å². The van der Waals surface area contributed by atoms with Gasteiger partial charge in [-0.3, -0.25) is 4.79 Å². The number of hydrogen-bond acceptors (Lipinski definition) is 10. The Hall–Kier alpha value is -4.51. The van der Waals surface area contributed by atoms with E-state index in [1.54, 1.807) is 13.2 Å². The van der Waals surface area contributed by atoms with Crippen LogP contribution in [0.1, 0.15) is 53.4 Å². The van der Waals surface area contributed by atoms with Gasteiger partial charge in [0.2, 0.25) is 22.9 Å². The van der Waals surface area contributed by atoms with Crippen molar-refractivity contribution in [3.8, 4) is 23.0 Å². The van der Waals surface area contributed by atoms with Crippen molar-refractivity contribution in [3.63, 3.8) is 0 Å². The molecule has 0 radical (unpaired) electrons. The molecule has 5 atom stereocenters. The van der Waals surface area contributed by atoms with Crippen LogP contribution in [-0.2, 0) is 34.1 Å². The predicted octanol–water partition coefficient (Wildman–Crippen LogP) is 5.72. The predicted molar refractivity (Wildman–Crippen MR) is 160 cm³/mol. The molecule has 0 amide bonds. The van der Waals surface area contributed by atoms with Crippen molar-refractivity contribution >= 4 is 5.78 Å². The number of carbonyl (C=O) groups excluding carboxylic acids is 1. The van der Waals surface area contributed by atoms with Gasteiger partial charge in [-0.15, -0.1) is 0 Å². The summed E-state index contributed by atoms with van der Waals surface area (Å²) in [6.45, 7) is 0. The Balaban J connectivity index is 1.53. The van der Waals surface area contributed by atoms with Crippen molar-refractivity contribution in [2.45, 2.75) is 42.5 Å². The van der Waals surface area contributed by atoms with E-state index in [4.69, 9.17) is 37.9 Å². The fraction of sp³-hybridized carbons (Fsp3) is 0.343. The van der Waals surface area contributed by atoms with Crippen LogP contribution in [0.25, 0.3) is 0 Å². The molecule has 0 unspecified atom stereocenters. The van der Waals surface area contributed by atoms with Crippen LogP contribution in [0.3, 0.4) is 0 Å². The molecule has 10 nitrogen and oxygen atoms in total. The number of aromatic hydroxyl groups is 1. The molecule has 3 aromatic carbocycles. The summed E-state index contributed by atoms with van der Waals surface area (Å²) in [6, 6.07) is 19.3. The molecule has 0 bridgehead atoms. The third-order valence-corrected chi connectivity index (χ3v) is 9.17. The standard InChI is InChI=1S/C35H34O10/c1-38-24-18-23(20-14-10-7-11-15-20)43-30-25(24)29-26(31(39-2)28(30)37)34(42-5)33(41-4)32(40-3)27(36)21-16-17-22(44-35(21,34)45-29)19-12-8-6-9-13-19/h6-16,22-24,37H,17-18H2,1-5H3/t22-,23+,24+,34+,35+/m1/s1. The molecule has 0 aromatic heterocycles. The number of allylic oxidation sites excluding steroid dienone is 1. The maximum Gasteiger partial charge on any atom is 0.283 e. The summed E-state index contributed by atoms with van der Waals surface area (Å²) in [6.07, 6.45) is 1.03. The number of Topliss-reactive ketones (excluding diaryl/α,β-unsaturated/α-hetero) is 1. The number of rotatable bonds is 7. The van der Waals surface area contributed by atoms with Crippen LogP contribution in [-0.4, -0.2) is 52.2 Å². The maximum atomic E-state index is 14.1. The molecule has 3 heterocycles. The van der Waals surface area contributed by atoms with E-state index >= 15 is 0 Å². The third kappa shape index (κ3) is 3.82. The summed E-state index contributed by atoms with van der Waals surface area (Å²) in [5, 5.41) is 11.9. The quantitative estimate of drug-likeness (QED) is 0.355. The summed E-state index contributed by atoms with van der Waals surface area (Å²) >= 11 is 0. The summed E-state index contributed by atoms with van der Waals surface area (Å²) in [7, 11) is 7.27. The van der Waals surface area contributed by atoms with Gasteiger partial charge in [-0.2, -0.15) is 0 Å². The Morgan fingerprint density at radius 1 is 0.844 bits per heavy atom. The first kappa shape index (κ1) is 29.2. The van der Waals surface area contributed by atoms with Crippen LogP contribution in [0.4, 0.5) is 0 Å². The average Bonchev–Trinajstić information content (AvgIpc) is 3.37. The molecule has 7 rings (SSSR count). The second kappa shape index (κ2) is 10.8. The Morgan fingerprint density at radius 2 is 1.51 bits per heavy atom. The van der Waals surface area contributed by atoms with Crippen LogP contribution in [0.2, 0.25) is 0 Å². The van der Waals surface area contributed by atoms with E-state index in [2.05, 4.69) is 0 Å². The van der Waals surface area contributed by atoms with Gasteiger partial charge in [0.05, 0.1) is 50.2 Å². The van der Waals surface area contributed by atoms with Gasteiger partial charge in [-0.05, 0) is 17.5 Å². The van der Waals surface area contributed by atoms with Gasteiger partial charge in [-0.25, -0.2) is 0 Å². The smallest absolute Gasteiger partial charge is 0.283 e. The third-order valence-electron chi connectivity index (χ3n) is 9.17. The number of ketones is 1. The lowest BCUT2D eigenvalue weighted by Gasteiger charge is -2.49. The molecular weight excluding hydrogens is 580 g/mol. The average molecular weight is 615 g/mol. The van der Waals surface area contributed by atoms with Crippen LogP contribution in [0.5, 0.6) is 23.0 Å². The van der Waals surface area contributed by atoms with Crippen molar-refractivity contribution in [2.75, 3.05) is 35.5 Å². The first-order chi connectivity index (χ1) is 21.9. The topological polar surface area (TPSA) is 111 Å². The van der Waals surface area contributed by atoms with Crippen molar-refractivity contribution in [3.05, 3.63) is 106 Å². The molecule has 10 heteroatoms. The Bertz CT molecular complexity index is 1720. The zero-order chi connectivity index (χ0) is 31.5. The van der Waals surface area contributed by atoms with Crippen LogP contribution in [0, 0.1) is 0 Å². The number of fused-ring (bicyclic) bond motifs is 4. The molecule has 1 aliphatic carbocycles. The van der Waals surface area contributed by atoms with E-state index in [-0.39, 0.29) is 45.7 Å². The Labute approximate surface area is 260 Å². The fourth-order valence-corrected chi connectivity index (χ4v) is 7.23. The number of ether oxygens (including phenoxy) is 8. The summed E-state index contributed by atoms with van der Waals surface area (Å²) in [4.78, 5) is 14.1. The first-order valence-electron chi connectivity index (χ1n) is 14.7. The highest BCUT2D eigenvalue weighted by molar-refractivity contribution is 6.11. The molecule has 4 aliphatic rings. The zero-order valence-corrected chi connectivity index (χ0v) is 25.6. The number of benzene rings is 3. The molecule has 0 saturated heterocycles. The number of carbonyl (C=O) groups is 1. The fourth-order valence-electron chi connectivity index (χ4n) is 7.23. The van der Waals surface area contributed by atoms with Gasteiger partial charge in [0.1, 0.15) is 11.9 Å². The second-order valence-corrected chi connectivity index (χ2v) is 11.2. The van der Waals surface area contributed by atoms with Crippen LogP contribution < -0.4 is 14.2 Å². The maximum absolute atomic E-state index is 14.1. The number of methoxy groups -OCH3 is 5. The molecule has 234 valence electrons. The Kier molecular flexibility index (Phi) is 7.03. The van der Waals surface area contributed by atoms with E-state index < -0.39 is 35.5 Å². The minimum absolute atomic E-state index is 0.00705. The van der Waals surface area contributed by atoms with Gasteiger partial charge in [0.15, 0.2) is 17.3 Å². The highest BCUT2D eigenvalue weighted by atomic mass is 16.7. The monoisotopic (exact) mass is 614 g/mol. The van der Waals surface area contributed by atoms with E-state index in [9.17, 15) is 9.90 Å². The summed E-state index contributed by atoms with van der Waals surface area (Å²) < 4.78 is 50.3. The van der Waals surface area contributed by atoms with E-state index in [0.29, 0.717) is 18.4 Å². The molecule has 45 heavy (non-hydrogen) atoms. The normalized spacial score (nSPS) is 28.1. The van der Waals surface area contributed by atoms with Gasteiger partial charge in [-0.1, -0.05) is 66.7 Å². The molecule has 1 N–H and O–H groups in total. The van der Waals surface area contributed by atoms with Crippen molar-refractivity contribution in [2.24, 2.45) is 0 Å². The largest absolute Gasteiger partial charge is 0.502 e. The van der Waals surface area contributed by atoms with Gasteiger partial charge < -0.3 is 43.0 Å². The summed E-state index contributed by atoms with van der Waals surface area (Å²) in [5.41, 5.74) is 0.851. The van der Waals surface area contributed by atoms with E-state index in [1.807, 2.05) is 60.7 Å². The van der Waals surface area contributed by atoms with Gasteiger partial charge in [0, 0.05) is 20.6 Å². The number of hydrogen-bond donors (Lipinski definition) is 1. The lowest BCUT2D eigenvalue weighted by molar-refractivity contribution is -0.281. The zero-order valence-electron chi connectivity index (χ0n) is 25.6. The van der Waals surface area contributed by atoms with E-state index in [1.165, 1.54) is 28.4 Å². The Morgan fingerprint density at radius 3 is 2.09 bits per heavy atom. The SMILES string of the molecule is COC1=C(OC)[C@@]2(OC)c3c(OC)c(O)c4c(c3O[C@]23O[C@@H](c2ccccc2)CC=C3C1=O)[C@@H](OC)C[C@@H](c1ccccc1)O4. The second-order valence-electron chi connectivity index (χ2n) is 11.2. The lowest BCUT2D eigenvalue weighted by atomic mass is 9.72. The lowest BCUT2D eigenvalue weighted by Crippen LogP contribution is -2.63. The molecule has 3 aliphatic heterocycles. The van der Waals surface area contributed by atoms with Crippen molar-refractivity contribution in [1.82, 2.24) is 0 Å². The molecule has 0 saturated carbocycles. The van der Waals surface area contributed by atoms with Crippen molar-refractivity contribution in [1.29, 1.82) is 0 Å². The van der Waals surface area contributed by atoms with Crippen LogP contribution >= 0.6 is 0 Å². The molecule has 1 spiro atoms. The molecular formula is C35H34O10. The molecule has 0 fully saturated rings. The molecule has 3 aromatic rings. The van der Waals surface area contributed by atoms with Gasteiger partial charge >= 0.3 is 0 Å². The van der Waals surface area contributed by atoms with E-state index in [0.717, 1.165) is 11.1 Å².